The van der Waals surface area contributed by atoms with Gasteiger partial charge in [-0.15, -0.1) is 0 Å². The minimum absolute atomic E-state index is 0.0986. The normalized spacial score (nSPS) is 13.6. The molecule has 0 amide bonds. The highest BCUT2D eigenvalue weighted by atomic mass is 19.1. The molecule has 0 atom stereocenters. The van der Waals surface area contributed by atoms with E-state index in [1.54, 1.807) is 36.4 Å². The Labute approximate surface area is 216 Å². The highest BCUT2D eigenvalue weighted by molar-refractivity contribution is 5.90. The standard InChI is InChI=1S/C19H20FN3O.C9H11NO3/c1-23-9-7-15(8-10-23)18-3-2-4-19(22-18)24-13-16-6-5-14(12-21)11-17(16)20;1-12-8-5-6(9(11)13-2)3-4-7(8)10/h2-6,11,15H,7-10,13H2,1H3;3-5H,10H2,1-2H3. The van der Waals surface area contributed by atoms with Gasteiger partial charge in [0, 0.05) is 23.2 Å². The van der Waals surface area contributed by atoms with Crippen molar-refractivity contribution in [2.75, 3.05) is 40.1 Å². The average Bonchev–Trinajstić information content (AvgIpc) is 2.93. The van der Waals surface area contributed by atoms with Gasteiger partial charge in [0.15, 0.2) is 0 Å². The van der Waals surface area contributed by atoms with Gasteiger partial charge in [0.1, 0.15) is 18.2 Å². The van der Waals surface area contributed by atoms with Crippen molar-refractivity contribution in [2.45, 2.75) is 25.4 Å². The summed E-state index contributed by atoms with van der Waals surface area (Å²) in [6.45, 7) is 2.25. The van der Waals surface area contributed by atoms with E-state index in [1.165, 1.54) is 20.3 Å². The number of anilines is 1. The molecule has 0 saturated carbocycles. The van der Waals surface area contributed by atoms with Gasteiger partial charge in [-0.25, -0.2) is 14.2 Å². The highest BCUT2D eigenvalue weighted by Crippen LogP contribution is 2.27. The number of aromatic nitrogens is 1. The van der Waals surface area contributed by atoms with Crippen molar-refractivity contribution >= 4 is 11.7 Å². The van der Waals surface area contributed by atoms with E-state index in [0.29, 0.717) is 39.9 Å². The SMILES string of the molecule is CN1CCC(c2cccc(OCc3ccc(C#N)cc3F)n2)CC1.COC(=O)c1ccc(N)c(OC)c1. The number of likely N-dealkylation sites (tertiary alicyclic amines) is 1. The zero-order valence-corrected chi connectivity index (χ0v) is 21.2. The topological polar surface area (TPSA) is 111 Å². The van der Waals surface area contributed by atoms with Crippen LogP contribution in [0.2, 0.25) is 0 Å². The number of carbonyl (C=O) groups is 1. The van der Waals surface area contributed by atoms with E-state index < -0.39 is 11.8 Å². The van der Waals surface area contributed by atoms with Gasteiger partial charge in [0.2, 0.25) is 5.88 Å². The minimum atomic E-state index is -0.430. The van der Waals surface area contributed by atoms with Crippen LogP contribution in [0.3, 0.4) is 0 Å². The fourth-order valence-electron chi connectivity index (χ4n) is 3.88. The second-order valence-electron chi connectivity index (χ2n) is 8.63. The molecule has 2 heterocycles. The third kappa shape index (κ3) is 7.66. The number of ether oxygens (including phenoxy) is 3. The van der Waals surface area contributed by atoms with Crippen LogP contribution >= 0.6 is 0 Å². The fraction of sp³-hybridized carbons (Fsp3) is 0.321. The number of nitriles is 1. The average molecular weight is 507 g/mol. The molecule has 2 aromatic carbocycles. The van der Waals surface area contributed by atoms with Crippen LogP contribution in [-0.4, -0.2) is 50.2 Å². The van der Waals surface area contributed by atoms with Crippen molar-refractivity contribution < 1.29 is 23.4 Å². The third-order valence-corrected chi connectivity index (χ3v) is 6.09. The molecule has 3 aromatic rings. The molecule has 1 fully saturated rings. The van der Waals surface area contributed by atoms with Crippen LogP contribution in [0.25, 0.3) is 0 Å². The lowest BCUT2D eigenvalue weighted by Crippen LogP contribution is -2.29. The molecule has 0 radical (unpaired) electrons. The van der Waals surface area contributed by atoms with Crippen LogP contribution in [0.15, 0.2) is 54.6 Å². The lowest BCUT2D eigenvalue weighted by Gasteiger charge is -2.28. The lowest BCUT2D eigenvalue weighted by atomic mass is 9.93. The Hall–Kier alpha value is -4.16. The first-order chi connectivity index (χ1) is 17.8. The second kappa shape index (κ2) is 13.2. The number of pyridine rings is 1. The summed E-state index contributed by atoms with van der Waals surface area (Å²) in [7, 11) is 4.95. The summed E-state index contributed by atoms with van der Waals surface area (Å²) >= 11 is 0. The number of halogens is 1. The van der Waals surface area contributed by atoms with Crippen molar-refractivity contribution in [2.24, 2.45) is 0 Å². The van der Waals surface area contributed by atoms with Gasteiger partial charge in [0.25, 0.3) is 0 Å². The van der Waals surface area contributed by atoms with E-state index in [-0.39, 0.29) is 6.61 Å². The zero-order valence-electron chi connectivity index (χ0n) is 21.2. The van der Waals surface area contributed by atoms with Crippen LogP contribution in [0.5, 0.6) is 11.6 Å². The number of nitrogen functional groups attached to an aromatic ring is 1. The number of nitrogens with two attached hydrogens (primary N) is 1. The van der Waals surface area contributed by atoms with E-state index in [0.717, 1.165) is 31.6 Å². The van der Waals surface area contributed by atoms with Crippen molar-refractivity contribution in [1.29, 1.82) is 5.26 Å². The number of hydrogen-bond donors (Lipinski definition) is 1. The van der Waals surface area contributed by atoms with E-state index in [2.05, 4.69) is 21.7 Å². The maximum atomic E-state index is 13.9. The predicted octanol–water partition coefficient (Wildman–Crippen LogP) is 4.54. The highest BCUT2D eigenvalue weighted by Gasteiger charge is 2.19. The molecule has 0 aliphatic carbocycles. The molecule has 8 nitrogen and oxygen atoms in total. The van der Waals surface area contributed by atoms with Gasteiger partial charge < -0.3 is 24.8 Å². The summed E-state index contributed by atoms with van der Waals surface area (Å²) in [6, 6.07) is 16.8. The Morgan fingerprint density at radius 3 is 2.57 bits per heavy atom. The third-order valence-electron chi connectivity index (χ3n) is 6.09. The van der Waals surface area contributed by atoms with Gasteiger partial charge in [-0.2, -0.15) is 5.26 Å². The Morgan fingerprint density at radius 1 is 1.16 bits per heavy atom. The van der Waals surface area contributed by atoms with Crippen LogP contribution < -0.4 is 15.2 Å². The number of piperidine rings is 1. The van der Waals surface area contributed by atoms with E-state index in [4.69, 9.17) is 20.5 Å². The maximum Gasteiger partial charge on any atom is 0.337 e. The largest absolute Gasteiger partial charge is 0.495 e. The molecular weight excluding hydrogens is 475 g/mol. The fourth-order valence-corrected chi connectivity index (χ4v) is 3.88. The number of methoxy groups -OCH3 is 2. The molecule has 0 unspecified atom stereocenters. The Balaban J connectivity index is 0.000000248. The lowest BCUT2D eigenvalue weighted by molar-refractivity contribution is 0.0600. The molecule has 1 aromatic heterocycles. The van der Waals surface area contributed by atoms with Gasteiger partial charge in [-0.3, -0.25) is 0 Å². The van der Waals surface area contributed by atoms with Gasteiger partial charge in [-0.05, 0) is 69.4 Å². The van der Waals surface area contributed by atoms with Crippen LogP contribution in [0.1, 0.15) is 45.9 Å². The van der Waals surface area contributed by atoms with E-state index in [9.17, 15) is 9.18 Å². The quantitative estimate of drug-likeness (QED) is 0.383. The molecule has 37 heavy (non-hydrogen) atoms. The summed E-state index contributed by atoms with van der Waals surface area (Å²) in [6.07, 6.45) is 2.19. The zero-order chi connectivity index (χ0) is 26.8. The number of esters is 1. The van der Waals surface area contributed by atoms with Crippen LogP contribution in [0, 0.1) is 17.1 Å². The molecule has 1 saturated heterocycles. The van der Waals surface area contributed by atoms with Crippen molar-refractivity contribution in [3.63, 3.8) is 0 Å². The molecule has 0 bridgehead atoms. The maximum absolute atomic E-state index is 13.9. The van der Waals surface area contributed by atoms with Crippen LogP contribution in [-0.2, 0) is 11.3 Å². The molecule has 9 heteroatoms. The first-order valence-corrected chi connectivity index (χ1v) is 11.8. The molecular formula is C28H31FN4O4. The molecule has 2 N–H and O–H groups in total. The molecule has 1 aliphatic rings. The number of rotatable bonds is 6. The second-order valence-corrected chi connectivity index (χ2v) is 8.63. The molecule has 194 valence electrons. The van der Waals surface area contributed by atoms with Crippen molar-refractivity contribution in [3.8, 4) is 17.7 Å². The molecule has 4 rings (SSSR count). The van der Waals surface area contributed by atoms with Gasteiger partial charge >= 0.3 is 5.97 Å². The number of benzene rings is 2. The smallest absolute Gasteiger partial charge is 0.337 e. The predicted molar refractivity (Wildman–Crippen MR) is 138 cm³/mol. The van der Waals surface area contributed by atoms with E-state index >= 15 is 0 Å². The van der Waals surface area contributed by atoms with Gasteiger partial charge in [0.05, 0.1) is 37.1 Å². The Morgan fingerprint density at radius 2 is 1.92 bits per heavy atom. The monoisotopic (exact) mass is 506 g/mol. The molecule has 0 spiro atoms. The minimum Gasteiger partial charge on any atom is -0.495 e. The Kier molecular flexibility index (Phi) is 9.81. The summed E-state index contributed by atoms with van der Waals surface area (Å²) in [5, 5.41) is 8.77. The first-order valence-electron chi connectivity index (χ1n) is 11.8. The number of hydrogen-bond acceptors (Lipinski definition) is 8. The van der Waals surface area contributed by atoms with Crippen molar-refractivity contribution in [3.05, 3.63) is 82.8 Å². The van der Waals surface area contributed by atoms with Crippen LogP contribution in [0.4, 0.5) is 10.1 Å². The Bertz CT molecular complexity index is 1250. The summed E-state index contributed by atoms with van der Waals surface area (Å²) in [4.78, 5) is 18.0. The van der Waals surface area contributed by atoms with Gasteiger partial charge in [-0.1, -0.05) is 12.1 Å². The molecule has 1 aliphatic heterocycles. The van der Waals surface area contributed by atoms with E-state index in [1.807, 2.05) is 18.2 Å². The van der Waals surface area contributed by atoms with Crippen molar-refractivity contribution in [1.82, 2.24) is 9.88 Å². The summed E-state index contributed by atoms with van der Waals surface area (Å²) in [5.41, 5.74) is 8.25. The summed E-state index contributed by atoms with van der Waals surface area (Å²) in [5.74, 6) is 0.605. The number of carbonyl (C=O) groups excluding carboxylic acids is 1. The number of nitrogens with zero attached hydrogens (tertiary/aromatic N) is 3. The first kappa shape index (κ1) is 27.4. The summed E-state index contributed by atoms with van der Waals surface area (Å²) < 4.78 is 29.0.